The SMILES string of the molecule is CCN1C(=O)/C(=C/c2cc(C)n(-c3ccc(N4CCCC4)c([N+](=O)[O-])c3)c2C)C(=O)NC1=S. The molecule has 4 rings (SSSR count). The maximum Gasteiger partial charge on any atom is 0.294 e. The fourth-order valence-corrected chi connectivity index (χ4v) is 4.80. The van der Waals surface area contributed by atoms with Crippen LogP contribution in [-0.2, 0) is 9.59 Å². The number of nitrogens with zero attached hydrogens (tertiary/aromatic N) is 4. The van der Waals surface area contributed by atoms with Crippen LogP contribution in [0.15, 0.2) is 29.8 Å². The Morgan fingerprint density at radius 2 is 1.88 bits per heavy atom. The summed E-state index contributed by atoms with van der Waals surface area (Å²) in [5, 5.41) is 14.5. The molecular formula is C23H25N5O4S. The number of hydrogen-bond donors (Lipinski definition) is 1. The van der Waals surface area contributed by atoms with E-state index in [9.17, 15) is 19.7 Å². The number of anilines is 1. The maximum atomic E-state index is 12.8. The molecule has 33 heavy (non-hydrogen) atoms. The second kappa shape index (κ2) is 8.78. The average molecular weight is 468 g/mol. The summed E-state index contributed by atoms with van der Waals surface area (Å²) in [6, 6.07) is 7.11. The molecule has 0 unspecified atom stereocenters. The third kappa shape index (κ3) is 4.02. The summed E-state index contributed by atoms with van der Waals surface area (Å²) in [4.78, 5) is 40.1. The lowest BCUT2D eigenvalue weighted by Crippen LogP contribution is -2.53. The van der Waals surface area contributed by atoms with E-state index in [0.717, 1.165) is 37.3 Å². The number of amides is 2. The Morgan fingerprint density at radius 3 is 2.52 bits per heavy atom. The van der Waals surface area contributed by atoms with Gasteiger partial charge in [-0.05, 0) is 75.7 Å². The first kappa shape index (κ1) is 22.7. The lowest BCUT2D eigenvalue weighted by molar-refractivity contribution is -0.384. The zero-order valence-electron chi connectivity index (χ0n) is 18.8. The minimum Gasteiger partial charge on any atom is -0.366 e. The zero-order valence-corrected chi connectivity index (χ0v) is 19.6. The van der Waals surface area contributed by atoms with Gasteiger partial charge in [0.2, 0.25) is 0 Å². The van der Waals surface area contributed by atoms with Crippen molar-refractivity contribution in [3.63, 3.8) is 0 Å². The standard InChI is InChI=1S/C23H25N5O4S/c1-4-26-22(30)18(21(29)24-23(26)33)12-16-11-14(2)27(15(16)3)17-7-8-19(20(13-17)28(31)32)25-9-5-6-10-25/h7-8,11-13H,4-6,9-10H2,1-3H3,(H,24,29,33)/b18-12+. The highest BCUT2D eigenvalue weighted by Gasteiger charge is 2.32. The number of likely N-dealkylation sites (N-methyl/N-ethyl adjacent to an activating group) is 1. The fourth-order valence-electron chi connectivity index (χ4n) is 4.49. The van der Waals surface area contributed by atoms with E-state index >= 15 is 0 Å². The van der Waals surface area contributed by atoms with Crippen molar-refractivity contribution in [3.8, 4) is 5.69 Å². The maximum absolute atomic E-state index is 12.8. The van der Waals surface area contributed by atoms with Crippen LogP contribution in [0.3, 0.4) is 0 Å². The second-order valence-corrected chi connectivity index (χ2v) is 8.54. The van der Waals surface area contributed by atoms with Crippen molar-refractivity contribution in [2.24, 2.45) is 0 Å². The molecule has 0 saturated carbocycles. The lowest BCUT2D eigenvalue weighted by Gasteiger charge is -2.27. The van der Waals surface area contributed by atoms with Crippen LogP contribution in [0.25, 0.3) is 11.8 Å². The molecule has 2 aliphatic rings. The van der Waals surface area contributed by atoms with Crippen LogP contribution in [0.4, 0.5) is 11.4 Å². The van der Waals surface area contributed by atoms with Gasteiger partial charge in [0.25, 0.3) is 17.5 Å². The Kier molecular flexibility index (Phi) is 6.03. The summed E-state index contributed by atoms with van der Waals surface area (Å²) in [7, 11) is 0. The van der Waals surface area contributed by atoms with Gasteiger partial charge in [0.15, 0.2) is 5.11 Å². The number of aryl methyl sites for hydroxylation is 1. The van der Waals surface area contributed by atoms with Gasteiger partial charge < -0.3 is 9.47 Å². The quantitative estimate of drug-likeness (QED) is 0.238. The monoisotopic (exact) mass is 467 g/mol. The third-order valence-corrected chi connectivity index (χ3v) is 6.46. The van der Waals surface area contributed by atoms with E-state index in [-0.39, 0.29) is 21.3 Å². The van der Waals surface area contributed by atoms with Crippen LogP contribution in [0.2, 0.25) is 0 Å². The van der Waals surface area contributed by atoms with Crippen molar-refractivity contribution in [1.82, 2.24) is 14.8 Å². The number of nitro groups is 1. The summed E-state index contributed by atoms with van der Waals surface area (Å²) < 4.78 is 1.89. The van der Waals surface area contributed by atoms with Crippen molar-refractivity contribution < 1.29 is 14.5 Å². The summed E-state index contributed by atoms with van der Waals surface area (Å²) in [6.07, 6.45) is 3.60. The van der Waals surface area contributed by atoms with E-state index in [0.29, 0.717) is 23.5 Å². The molecule has 2 fully saturated rings. The molecule has 2 amide bonds. The molecule has 0 spiro atoms. The summed E-state index contributed by atoms with van der Waals surface area (Å²) in [5.41, 5.74) is 3.62. The normalized spacial score (nSPS) is 17.8. The Hall–Kier alpha value is -3.53. The minimum atomic E-state index is -0.537. The molecule has 0 bridgehead atoms. The zero-order chi connectivity index (χ0) is 23.9. The fraction of sp³-hybridized carbons (Fsp3) is 0.348. The number of carbonyl (C=O) groups excluding carboxylic acids is 2. The molecule has 9 nitrogen and oxygen atoms in total. The van der Waals surface area contributed by atoms with Crippen LogP contribution >= 0.6 is 12.2 Å². The van der Waals surface area contributed by atoms with Gasteiger partial charge in [-0.1, -0.05) is 0 Å². The molecule has 1 aromatic carbocycles. The molecule has 2 aliphatic heterocycles. The molecular weight excluding hydrogens is 442 g/mol. The van der Waals surface area contributed by atoms with Gasteiger partial charge >= 0.3 is 0 Å². The molecule has 10 heteroatoms. The number of carbonyl (C=O) groups is 2. The number of nitro benzene ring substituents is 1. The van der Waals surface area contributed by atoms with E-state index < -0.39 is 11.8 Å². The van der Waals surface area contributed by atoms with Crippen LogP contribution in [-0.4, -0.2) is 51.0 Å². The van der Waals surface area contributed by atoms with E-state index in [4.69, 9.17) is 12.2 Å². The molecule has 0 radical (unpaired) electrons. The minimum absolute atomic E-state index is 0.000983. The number of thiocarbonyl (C=S) groups is 1. The lowest BCUT2D eigenvalue weighted by atomic mass is 10.1. The number of hydrogen-bond acceptors (Lipinski definition) is 6. The van der Waals surface area contributed by atoms with Gasteiger partial charge in [0, 0.05) is 37.1 Å². The first-order chi connectivity index (χ1) is 15.7. The van der Waals surface area contributed by atoms with Gasteiger partial charge in [-0.15, -0.1) is 0 Å². The number of rotatable bonds is 5. The van der Waals surface area contributed by atoms with Crippen molar-refractivity contribution in [2.45, 2.75) is 33.6 Å². The average Bonchev–Trinajstić information content (AvgIpc) is 3.39. The highest BCUT2D eigenvalue weighted by atomic mass is 32.1. The Labute approximate surface area is 196 Å². The number of aromatic nitrogens is 1. The van der Waals surface area contributed by atoms with E-state index in [2.05, 4.69) is 5.32 Å². The van der Waals surface area contributed by atoms with E-state index in [1.807, 2.05) is 35.4 Å². The topological polar surface area (TPSA) is 101 Å². The van der Waals surface area contributed by atoms with Crippen LogP contribution < -0.4 is 10.2 Å². The van der Waals surface area contributed by atoms with Gasteiger partial charge in [0.1, 0.15) is 11.3 Å². The predicted molar refractivity (Wildman–Crippen MR) is 129 cm³/mol. The van der Waals surface area contributed by atoms with Crippen LogP contribution in [0, 0.1) is 24.0 Å². The van der Waals surface area contributed by atoms with E-state index in [1.54, 1.807) is 25.1 Å². The molecule has 2 saturated heterocycles. The van der Waals surface area contributed by atoms with Crippen molar-refractivity contribution >= 4 is 46.6 Å². The van der Waals surface area contributed by atoms with Gasteiger partial charge in [-0.3, -0.25) is 29.9 Å². The second-order valence-electron chi connectivity index (χ2n) is 8.15. The molecule has 172 valence electrons. The Morgan fingerprint density at radius 1 is 1.18 bits per heavy atom. The van der Waals surface area contributed by atoms with Crippen molar-refractivity contribution in [1.29, 1.82) is 0 Å². The summed E-state index contributed by atoms with van der Waals surface area (Å²) in [6.45, 7) is 7.49. The summed E-state index contributed by atoms with van der Waals surface area (Å²) in [5.74, 6) is -0.980. The highest BCUT2D eigenvalue weighted by molar-refractivity contribution is 7.80. The molecule has 3 heterocycles. The summed E-state index contributed by atoms with van der Waals surface area (Å²) >= 11 is 5.08. The van der Waals surface area contributed by atoms with Gasteiger partial charge in [0.05, 0.1) is 10.6 Å². The third-order valence-electron chi connectivity index (χ3n) is 6.13. The first-order valence-corrected chi connectivity index (χ1v) is 11.2. The predicted octanol–water partition coefficient (Wildman–Crippen LogP) is 3.25. The largest absolute Gasteiger partial charge is 0.366 e. The van der Waals surface area contributed by atoms with Crippen molar-refractivity contribution in [3.05, 3.63) is 56.9 Å². The molecule has 0 atom stereocenters. The molecule has 0 aliphatic carbocycles. The van der Waals surface area contributed by atoms with E-state index in [1.165, 1.54) is 4.90 Å². The van der Waals surface area contributed by atoms with Gasteiger partial charge in [-0.2, -0.15) is 0 Å². The first-order valence-electron chi connectivity index (χ1n) is 10.8. The van der Waals surface area contributed by atoms with Crippen molar-refractivity contribution in [2.75, 3.05) is 24.5 Å². The van der Waals surface area contributed by atoms with Crippen LogP contribution in [0.5, 0.6) is 0 Å². The molecule has 1 N–H and O–H groups in total. The number of benzene rings is 1. The molecule has 2 aromatic rings. The van der Waals surface area contributed by atoms with Crippen LogP contribution in [0.1, 0.15) is 36.7 Å². The Bertz CT molecular complexity index is 1210. The highest BCUT2D eigenvalue weighted by Crippen LogP contribution is 2.34. The molecule has 1 aromatic heterocycles. The van der Waals surface area contributed by atoms with Gasteiger partial charge in [-0.25, -0.2) is 0 Å². The Balaban J connectivity index is 1.75. The smallest absolute Gasteiger partial charge is 0.294 e. The number of nitrogens with one attached hydrogen (secondary N) is 1.